The zero-order valence-electron chi connectivity index (χ0n) is 15.3. The smallest absolute Gasteiger partial charge is 0.162 e. The Morgan fingerprint density at radius 2 is 1.75 bits per heavy atom. The number of carbonyl (C=O) groups is 1. The summed E-state index contributed by atoms with van der Waals surface area (Å²) in [6.45, 7) is 6.74. The molecule has 0 aromatic heterocycles. The minimum atomic E-state index is -0.529. The Labute approximate surface area is 145 Å². The van der Waals surface area contributed by atoms with E-state index in [0.29, 0.717) is 35.7 Å². The lowest BCUT2D eigenvalue weighted by Crippen LogP contribution is -2.56. The minimum Gasteiger partial charge on any atom is -0.515 e. The zero-order valence-corrected chi connectivity index (χ0v) is 15.3. The molecule has 0 saturated heterocycles. The standard InChI is InChI=1S/C21H32O3/c1-19-11-13(12-22)18(23)10-14(19)4-5-15-16(19)6-8-20(2)17(15)7-9-21(20,3)24/h12,14-17,22,24H,4-11H2,1-3H3/b13-12+/t14-,15?,16?,17?,19-,20-,21-/m0/s1. The molecule has 4 aliphatic rings. The molecule has 7 atom stereocenters. The van der Waals surface area contributed by atoms with Crippen molar-refractivity contribution in [1.82, 2.24) is 0 Å². The molecule has 24 heavy (non-hydrogen) atoms. The maximum absolute atomic E-state index is 12.2. The van der Waals surface area contributed by atoms with Crippen molar-refractivity contribution >= 4 is 5.78 Å². The van der Waals surface area contributed by atoms with Crippen LogP contribution in [0.2, 0.25) is 0 Å². The third-order valence-electron chi connectivity index (χ3n) is 9.14. The van der Waals surface area contributed by atoms with E-state index >= 15 is 0 Å². The van der Waals surface area contributed by atoms with Crippen LogP contribution in [0.4, 0.5) is 0 Å². The predicted octanol–water partition coefficient (Wildman–Crippen LogP) is 4.40. The van der Waals surface area contributed by atoms with Gasteiger partial charge in [-0.1, -0.05) is 13.8 Å². The van der Waals surface area contributed by atoms with Crippen LogP contribution in [0, 0.1) is 34.5 Å². The molecule has 4 saturated carbocycles. The van der Waals surface area contributed by atoms with Crippen LogP contribution in [0.5, 0.6) is 0 Å². The molecule has 0 amide bonds. The highest BCUT2D eigenvalue weighted by molar-refractivity contribution is 5.96. The van der Waals surface area contributed by atoms with Gasteiger partial charge in [0.05, 0.1) is 11.9 Å². The maximum atomic E-state index is 12.2. The summed E-state index contributed by atoms with van der Waals surface area (Å²) < 4.78 is 0. The number of hydrogen-bond acceptors (Lipinski definition) is 3. The van der Waals surface area contributed by atoms with Gasteiger partial charge in [-0.2, -0.15) is 0 Å². The molecule has 0 aromatic carbocycles. The summed E-state index contributed by atoms with van der Waals surface area (Å²) in [4.78, 5) is 12.2. The molecule has 0 radical (unpaired) electrons. The van der Waals surface area contributed by atoms with Crippen LogP contribution in [0.15, 0.2) is 11.8 Å². The van der Waals surface area contributed by atoms with Gasteiger partial charge in [0.2, 0.25) is 0 Å². The monoisotopic (exact) mass is 332 g/mol. The van der Waals surface area contributed by atoms with E-state index in [9.17, 15) is 15.0 Å². The number of carbonyl (C=O) groups excluding carboxylic acids is 1. The average molecular weight is 332 g/mol. The minimum absolute atomic E-state index is 0.0531. The van der Waals surface area contributed by atoms with E-state index in [1.807, 2.05) is 6.92 Å². The number of aliphatic hydroxyl groups excluding tert-OH is 1. The second-order valence-corrected chi connectivity index (χ2v) is 9.88. The molecule has 0 spiro atoms. The fourth-order valence-electron chi connectivity index (χ4n) is 7.37. The second kappa shape index (κ2) is 5.09. The van der Waals surface area contributed by atoms with Gasteiger partial charge in [0.15, 0.2) is 5.78 Å². The first-order chi connectivity index (χ1) is 11.2. The molecule has 0 aromatic rings. The largest absolute Gasteiger partial charge is 0.515 e. The fraction of sp³-hybridized carbons (Fsp3) is 0.857. The highest BCUT2D eigenvalue weighted by Crippen LogP contribution is 2.68. The van der Waals surface area contributed by atoms with Crippen molar-refractivity contribution in [1.29, 1.82) is 0 Å². The van der Waals surface area contributed by atoms with Crippen LogP contribution >= 0.6 is 0 Å². The lowest BCUT2D eigenvalue weighted by Gasteiger charge is -2.61. The molecule has 0 heterocycles. The topological polar surface area (TPSA) is 57.5 Å². The Kier molecular flexibility index (Phi) is 3.53. The first kappa shape index (κ1) is 16.6. The number of ketones is 1. The van der Waals surface area contributed by atoms with Gasteiger partial charge in [0.25, 0.3) is 0 Å². The Morgan fingerprint density at radius 1 is 1.04 bits per heavy atom. The SMILES string of the molecule is C[C@]1(O)CCC2C3CC[C@H]4CC(=O)/C(=C/O)C[C@]4(C)C3CC[C@@]21C. The number of Topliss-reactive ketones (excluding diaryl/α,β-unsaturated/α-hetero) is 1. The highest BCUT2D eigenvalue weighted by Gasteiger charge is 2.63. The number of fused-ring (bicyclic) bond motifs is 5. The second-order valence-electron chi connectivity index (χ2n) is 9.88. The Hall–Kier alpha value is -0.830. The number of aliphatic hydroxyl groups is 2. The molecular weight excluding hydrogens is 300 g/mol. The van der Waals surface area contributed by atoms with Crippen molar-refractivity contribution < 1.29 is 15.0 Å². The van der Waals surface area contributed by atoms with Gasteiger partial charge in [-0.15, -0.1) is 0 Å². The van der Waals surface area contributed by atoms with E-state index in [-0.39, 0.29) is 16.6 Å². The molecule has 134 valence electrons. The van der Waals surface area contributed by atoms with Gasteiger partial charge in [-0.3, -0.25) is 4.79 Å². The summed E-state index contributed by atoms with van der Waals surface area (Å²) in [5.41, 5.74) is 0.304. The normalized spacial score (nSPS) is 55.8. The van der Waals surface area contributed by atoms with Gasteiger partial charge in [0.1, 0.15) is 0 Å². The van der Waals surface area contributed by atoms with E-state index in [4.69, 9.17) is 0 Å². The van der Waals surface area contributed by atoms with Crippen molar-refractivity contribution in [2.75, 3.05) is 0 Å². The van der Waals surface area contributed by atoms with Crippen LogP contribution in [0.1, 0.15) is 72.1 Å². The Bertz CT molecular complexity index is 592. The lowest BCUT2D eigenvalue weighted by molar-refractivity contribution is -0.147. The average Bonchev–Trinajstić information content (AvgIpc) is 2.77. The summed E-state index contributed by atoms with van der Waals surface area (Å²) >= 11 is 0. The zero-order chi connectivity index (χ0) is 17.3. The molecule has 4 aliphatic carbocycles. The molecule has 4 rings (SSSR count). The van der Waals surface area contributed by atoms with Crippen molar-refractivity contribution in [3.8, 4) is 0 Å². The fourth-order valence-corrected chi connectivity index (χ4v) is 7.37. The molecular formula is C21H32O3. The van der Waals surface area contributed by atoms with Gasteiger partial charge in [-0.25, -0.2) is 0 Å². The van der Waals surface area contributed by atoms with Gasteiger partial charge >= 0.3 is 0 Å². The summed E-state index contributed by atoms with van der Waals surface area (Å²) in [5, 5.41) is 20.5. The Balaban J connectivity index is 1.67. The van der Waals surface area contributed by atoms with Crippen LogP contribution in [0.25, 0.3) is 0 Å². The number of hydrogen-bond donors (Lipinski definition) is 2. The highest BCUT2D eigenvalue weighted by atomic mass is 16.3. The molecule has 2 N–H and O–H groups in total. The summed E-state index contributed by atoms with van der Waals surface area (Å²) in [6, 6.07) is 0. The number of allylic oxidation sites excluding steroid dienone is 1. The van der Waals surface area contributed by atoms with E-state index in [1.165, 1.54) is 6.42 Å². The maximum Gasteiger partial charge on any atom is 0.162 e. The summed E-state index contributed by atoms with van der Waals surface area (Å²) in [6.07, 6.45) is 9.11. The van der Waals surface area contributed by atoms with Gasteiger partial charge in [0, 0.05) is 12.0 Å². The molecule has 0 aliphatic heterocycles. The summed E-state index contributed by atoms with van der Waals surface area (Å²) in [7, 11) is 0. The van der Waals surface area contributed by atoms with E-state index in [0.717, 1.165) is 44.8 Å². The van der Waals surface area contributed by atoms with Gasteiger partial charge < -0.3 is 10.2 Å². The third kappa shape index (κ3) is 1.97. The van der Waals surface area contributed by atoms with E-state index in [1.54, 1.807) is 0 Å². The Morgan fingerprint density at radius 3 is 2.46 bits per heavy atom. The van der Waals surface area contributed by atoms with E-state index in [2.05, 4.69) is 13.8 Å². The molecule has 3 heteroatoms. The summed E-state index contributed by atoms with van der Waals surface area (Å²) in [5.74, 6) is 2.55. The van der Waals surface area contributed by atoms with E-state index < -0.39 is 5.60 Å². The van der Waals surface area contributed by atoms with Crippen molar-refractivity contribution in [2.45, 2.75) is 77.7 Å². The molecule has 3 unspecified atom stereocenters. The molecule has 4 fully saturated rings. The first-order valence-corrected chi connectivity index (χ1v) is 9.82. The van der Waals surface area contributed by atoms with Gasteiger partial charge in [-0.05, 0) is 86.4 Å². The number of rotatable bonds is 0. The van der Waals surface area contributed by atoms with Crippen LogP contribution < -0.4 is 0 Å². The van der Waals surface area contributed by atoms with Crippen LogP contribution in [0.3, 0.4) is 0 Å². The van der Waals surface area contributed by atoms with Crippen molar-refractivity contribution in [3.05, 3.63) is 11.8 Å². The van der Waals surface area contributed by atoms with Crippen molar-refractivity contribution in [3.63, 3.8) is 0 Å². The van der Waals surface area contributed by atoms with Crippen LogP contribution in [-0.4, -0.2) is 21.6 Å². The lowest BCUT2D eigenvalue weighted by atomic mass is 9.44. The molecule has 3 nitrogen and oxygen atoms in total. The predicted molar refractivity (Wildman–Crippen MR) is 93.5 cm³/mol. The molecule has 0 bridgehead atoms. The first-order valence-electron chi connectivity index (χ1n) is 9.82. The van der Waals surface area contributed by atoms with Crippen LogP contribution in [-0.2, 0) is 4.79 Å². The van der Waals surface area contributed by atoms with Crippen molar-refractivity contribution in [2.24, 2.45) is 34.5 Å². The third-order valence-corrected chi connectivity index (χ3v) is 9.14. The quantitative estimate of drug-likeness (QED) is 0.510.